The maximum absolute atomic E-state index is 12.3. The van der Waals surface area contributed by atoms with Crippen LogP contribution < -0.4 is 5.32 Å². The van der Waals surface area contributed by atoms with Gasteiger partial charge in [-0.15, -0.1) is 0 Å². The fraction of sp³-hybridized carbons (Fsp3) is 0.600. The quantitative estimate of drug-likeness (QED) is 0.886. The molecule has 1 aliphatic rings. The highest BCUT2D eigenvalue weighted by Gasteiger charge is 2.43. The first-order valence-electron chi connectivity index (χ1n) is 7.16. The van der Waals surface area contributed by atoms with Crippen LogP contribution in [0, 0.1) is 5.92 Å². The third-order valence-corrected chi connectivity index (χ3v) is 4.47. The van der Waals surface area contributed by atoms with E-state index in [1.165, 1.54) is 0 Å². The van der Waals surface area contributed by atoms with Gasteiger partial charge in [0.1, 0.15) is 11.2 Å². The highest BCUT2D eigenvalue weighted by Crippen LogP contribution is 2.34. The Morgan fingerprint density at radius 1 is 1.45 bits per heavy atom. The first kappa shape index (κ1) is 14.6. The van der Waals surface area contributed by atoms with E-state index < -0.39 is 11.5 Å². The summed E-state index contributed by atoms with van der Waals surface area (Å²) < 4.78 is 1.70. The molecule has 0 spiro atoms. The monoisotopic (exact) mass is 278 g/mol. The first-order valence-corrected chi connectivity index (χ1v) is 7.16. The van der Waals surface area contributed by atoms with Gasteiger partial charge in [0.15, 0.2) is 0 Å². The summed E-state index contributed by atoms with van der Waals surface area (Å²) in [5.74, 6) is -0.654. The van der Waals surface area contributed by atoms with E-state index in [2.05, 4.69) is 12.2 Å². The average Bonchev–Trinajstić information content (AvgIpc) is 2.85. The van der Waals surface area contributed by atoms with E-state index in [9.17, 15) is 14.7 Å². The molecule has 1 aromatic heterocycles. The van der Waals surface area contributed by atoms with Crippen LogP contribution in [0.4, 0.5) is 0 Å². The Hall–Kier alpha value is -1.78. The highest BCUT2D eigenvalue weighted by atomic mass is 16.4. The van der Waals surface area contributed by atoms with E-state index in [-0.39, 0.29) is 5.91 Å². The predicted molar refractivity (Wildman–Crippen MR) is 75.5 cm³/mol. The second-order valence-electron chi connectivity index (χ2n) is 5.70. The Morgan fingerprint density at radius 2 is 2.10 bits per heavy atom. The van der Waals surface area contributed by atoms with E-state index in [1.807, 2.05) is 0 Å². The number of carboxylic acid groups (broad SMARTS) is 1. The van der Waals surface area contributed by atoms with Crippen molar-refractivity contribution >= 4 is 11.9 Å². The van der Waals surface area contributed by atoms with Gasteiger partial charge >= 0.3 is 5.97 Å². The Bertz CT molecular complexity index is 499. The number of hydrogen-bond acceptors (Lipinski definition) is 2. The molecule has 1 heterocycles. The lowest BCUT2D eigenvalue weighted by Crippen LogP contribution is -2.56. The number of carbonyl (C=O) groups is 2. The van der Waals surface area contributed by atoms with Gasteiger partial charge < -0.3 is 15.0 Å². The number of rotatable bonds is 4. The van der Waals surface area contributed by atoms with Gasteiger partial charge in [-0.1, -0.05) is 13.3 Å². The zero-order valence-electron chi connectivity index (χ0n) is 12.1. The molecule has 0 radical (unpaired) electrons. The van der Waals surface area contributed by atoms with E-state index in [0.717, 1.165) is 19.3 Å². The largest absolute Gasteiger partial charge is 0.480 e. The molecule has 0 unspecified atom stereocenters. The van der Waals surface area contributed by atoms with Crippen molar-refractivity contribution in [3.8, 4) is 0 Å². The number of nitrogens with one attached hydrogen (secondary N) is 1. The molecule has 1 fully saturated rings. The lowest BCUT2D eigenvalue weighted by Gasteiger charge is -2.37. The van der Waals surface area contributed by atoms with Crippen LogP contribution in [0.2, 0.25) is 0 Å². The van der Waals surface area contributed by atoms with Crippen LogP contribution >= 0.6 is 0 Å². The molecule has 20 heavy (non-hydrogen) atoms. The molecule has 1 saturated carbocycles. The molecular formula is C15H22N2O3. The summed E-state index contributed by atoms with van der Waals surface area (Å²) >= 11 is 0. The van der Waals surface area contributed by atoms with Gasteiger partial charge in [0.25, 0.3) is 5.91 Å². The van der Waals surface area contributed by atoms with Crippen molar-refractivity contribution in [1.29, 1.82) is 0 Å². The fourth-order valence-corrected chi connectivity index (χ4v) is 2.95. The second-order valence-corrected chi connectivity index (χ2v) is 5.70. The maximum atomic E-state index is 12.3. The van der Waals surface area contributed by atoms with Crippen molar-refractivity contribution in [3.05, 3.63) is 24.0 Å². The molecule has 110 valence electrons. The van der Waals surface area contributed by atoms with E-state index in [1.54, 1.807) is 29.9 Å². The van der Waals surface area contributed by atoms with Crippen LogP contribution in [0.5, 0.6) is 0 Å². The molecule has 0 saturated heterocycles. The number of aromatic nitrogens is 1. The van der Waals surface area contributed by atoms with Crippen LogP contribution in [-0.4, -0.2) is 27.1 Å². The van der Waals surface area contributed by atoms with Gasteiger partial charge in [0.05, 0.1) is 0 Å². The Labute approximate surface area is 119 Å². The highest BCUT2D eigenvalue weighted by molar-refractivity contribution is 5.96. The zero-order chi connectivity index (χ0) is 14.8. The van der Waals surface area contributed by atoms with Gasteiger partial charge in [-0.05, 0) is 43.7 Å². The summed E-state index contributed by atoms with van der Waals surface area (Å²) in [4.78, 5) is 23.9. The Kier molecular flexibility index (Phi) is 4.16. The minimum atomic E-state index is -1.10. The van der Waals surface area contributed by atoms with E-state index >= 15 is 0 Å². The molecule has 2 rings (SSSR count). The number of hydrogen-bond donors (Lipinski definition) is 2. The average molecular weight is 278 g/mol. The van der Waals surface area contributed by atoms with Crippen molar-refractivity contribution < 1.29 is 14.7 Å². The molecule has 5 nitrogen and oxygen atoms in total. The summed E-state index contributed by atoms with van der Waals surface area (Å²) in [5.41, 5.74) is -0.615. The van der Waals surface area contributed by atoms with Crippen LogP contribution in [0.3, 0.4) is 0 Å². The summed E-state index contributed by atoms with van der Waals surface area (Å²) in [6.45, 7) is 2.13. The minimum Gasteiger partial charge on any atom is -0.480 e. The van der Waals surface area contributed by atoms with Crippen molar-refractivity contribution in [1.82, 2.24) is 9.88 Å². The zero-order valence-corrected chi connectivity index (χ0v) is 12.1. The SMILES string of the molecule is CCC1CCC(NC(=O)c2cccn2C)(C(=O)O)CC1. The van der Waals surface area contributed by atoms with Crippen molar-refractivity contribution in [2.24, 2.45) is 13.0 Å². The lowest BCUT2D eigenvalue weighted by atomic mass is 9.75. The van der Waals surface area contributed by atoms with Gasteiger partial charge in [-0.25, -0.2) is 4.79 Å². The standard InChI is InChI=1S/C15H22N2O3/c1-3-11-6-8-15(9-7-11,14(19)20)16-13(18)12-5-4-10-17(12)2/h4-5,10-11H,3,6-9H2,1-2H3,(H,16,18)(H,19,20). The molecule has 0 aromatic carbocycles. The van der Waals surface area contributed by atoms with Crippen LogP contribution in [0.25, 0.3) is 0 Å². The molecule has 0 aliphatic heterocycles. The maximum Gasteiger partial charge on any atom is 0.329 e. The number of nitrogens with zero attached hydrogens (tertiary/aromatic N) is 1. The second kappa shape index (κ2) is 5.69. The summed E-state index contributed by atoms with van der Waals surface area (Å²) in [6, 6.07) is 3.47. The van der Waals surface area contributed by atoms with Crippen molar-refractivity contribution in [3.63, 3.8) is 0 Å². The number of aryl methyl sites for hydroxylation is 1. The third-order valence-electron chi connectivity index (χ3n) is 4.47. The minimum absolute atomic E-state index is 0.310. The molecule has 5 heteroatoms. The first-order chi connectivity index (χ1) is 9.48. The van der Waals surface area contributed by atoms with Gasteiger partial charge in [-0.3, -0.25) is 4.79 Å². The summed E-state index contributed by atoms with van der Waals surface area (Å²) in [7, 11) is 1.77. The van der Waals surface area contributed by atoms with Crippen LogP contribution in [0.1, 0.15) is 49.5 Å². The Balaban J connectivity index is 2.13. The predicted octanol–water partition coefficient (Wildman–Crippen LogP) is 2.18. The fourth-order valence-electron chi connectivity index (χ4n) is 2.95. The smallest absolute Gasteiger partial charge is 0.329 e. The topological polar surface area (TPSA) is 71.3 Å². The van der Waals surface area contributed by atoms with E-state index in [0.29, 0.717) is 24.5 Å². The molecular weight excluding hydrogens is 256 g/mol. The lowest BCUT2D eigenvalue weighted by molar-refractivity contribution is -0.146. The molecule has 1 aromatic rings. The number of amides is 1. The molecule has 1 aliphatic carbocycles. The Morgan fingerprint density at radius 3 is 2.55 bits per heavy atom. The van der Waals surface area contributed by atoms with Crippen molar-refractivity contribution in [2.45, 2.75) is 44.6 Å². The summed E-state index contributed by atoms with van der Waals surface area (Å²) in [5, 5.41) is 12.3. The normalized spacial score (nSPS) is 26.2. The molecule has 2 N–H and O–H groups in total. The third kappa shape index (κ3) is 2.71. The van der Waals surface area contributed by atoms with Crippen LogP contribution in [-0.2, 0) is 11.8 Å². The molecule has 0 atom stereocenters. The number of carboxylic acids is 1. The van der Waals surface area contributed by atoms with E-state index in [4.69, 9.17) is 0 Å². The van der Waals surface area contributed by atoms with Gasteiger partial charge in [-0.2, -0.15) is 0 Å². The molecule has 0 bridgehead atoms. The van der Waals surface area contributed by atoms with Crippen molar-refractivity contribution in [2.75, 3.05) is 0 Å². The van der Waals surface area contributed by atoms with Gasteiger partial charge in [0.2, 0.25) is 0 Å². The molecule has 1 amide bonds. The van der Waals surface area contributed by atoms with Gasteiger partial charge in [0, 0.05) is 13.2 Å². The number of carbonyl (C=O) groups excluding carboxylic acids is 1. The van der Waals surface area contributed by atoms with Crippen LogP contribution in [0.15, 0.2) is 18.3 Å². The summed E-state index contributed by atoms with van der Waals surface area (Å²) in [6.07, 6.45) is 5.58. The number of aliphatic carboxylic acids is 1.